The molecule has 2 aromatic carbocycles. The van der Waals surface area contributed by atoms with Gasteiger partial charge in [-0.15, -0.1) is 11.3 Å². The fourth-order valence-corrected chi connectivity index (χ4v) is 5.23. The molecule has 0 spiro atoms. The molecular weight excluding hydrogens is 440 g/mol. The van der Waals surface area contributed by atoms with Crippen molar-refractivity contribution >= 4 is 45.4 Å². The molecule has 1 saturated heterocycles. The molecule has 1 atom stereocenters. The van der Waals surface area contributed by atoms with Gasteiger partial charge >= 0.3 is 0 Å². The molecule has 1 amide bonds. The number of amides is 1. The average molecular weight is 462 g/mol. The number of pyridine rings is 1. The minimum atomic E-state index is 0.0169. The van der Waals surface area contributed by atoms with Gasteiger partial charge in [0, 0.05) is 60.8 Å². The van der Waals surface area contributed by atoms with Crippen molar-refractivity contribution in [3.8, 4) is 0 Å². The molecule has 2 aromatic heterocycles. The van der Waals surface area contributed by atoms with Gasteiger partial charge in [0.1, 0.15) is 5.01 Å². The lowest BCUT2D eigenvalue weighted by atomic mass is 9.90. The molecule has 1 aliphatic heterocycles. The van der Waals surface area contributed by atoms with Gasteiger partial charge in [-0.3, -0.25) is 4.79 Å². The summed E-state index contributed by atoms with van der Waals surface area (Å²) in [6.45, 7) is 4.68. The van der Waals surface area contributed by atoms with Crippen LogP contribution < -0.4 is 4.90 Å². The van der Waals surface area contributed by atoms with E-state index in [4.69, 9.17) is 11.6 Å². The predicted molar refractivity (Wildman–Crippen MR) is 130 cm³/mol. The first kappa shape index (κ1) is 20.9. The second kappa shape index (κ2) is 8.88. The number of hydrogen-bond acceptors (Lipinski definition) is 5. The molecule has 32 heavy (non-hydrogen) atoms. The third-order valence-corrected chi connectivity index (χ3v) is 7.08. The molecule has 0 bridgehead atoms. The highest BCUT2D eigenvalue weighted by atomic mass is 35.5. The Bertz CT molecular complexity index is 1230. The number of aromatic nitrogens is 2. The van der Waals surface area contributed by atoms with E-state index in [2.05, 4.69) is 51.4 Å². The van der Waals surface area contributed by atoms with Gasteiger partial charge in [0.25, 0.3) is 0 Å². The lowest BCUT2D eigenvalue weighted by Crippen LogP contribution is -2.48. The number of hydrogen-bond donors (Lipinski definition) is 0. The van der Waals surface area contributed by atoms with E-state index in [0.29, 0.717) is 0 Å². The summed E-state index contributed by atoms with van der Waals surface area (Å²) in [6, 6.07) is 16.4. The monoisotopic (exact) mass is 461 g/mol. The summed E-state index contributed by atoms with van der Waals surface area (Å²) >= 11 is 7.80. The topological polar surface area (TPSA) is 49.3 Å². The number of carbonyl (C=O) groups is 1. The first-order valence-electron chi connectivity index (χ1n) is 10.6. The lowest BCUT2D eigenvalue weighted by Gasteiger charge is -2.36. The standard InChI is InChI=1S/C25H22ClN4OS/c1-17(31)29-11-13-30(14-12-29)23-8-9-27-22-7-4-19(16-21(22)23)24(25-28-10-15-32-25)18-2-5-20(26)6-3-18/h2-8,10,15-16,24H,11-14H2,1H3. The third-order valence-electron chi connectivity index (χ3n) is 5.98. The van der Waals surface area contributed by atoms with Crippen LogP contribution in [-0.4, -0.2) is 47.0 Å². The quantitative estimate of drug-likeness (QED) is 0.429. The van der Waals surface area contributed by atoms with Crippen LogP contribution in [0.5, 0.6) is 0 Å². The Balaban J connectivity index is 1.56. The molecule has 0 N–H and O–H groups in total. The maximum absolute atomic E-state index is 11.7. The molecule has 5 rings (SSSR count). The molecule has 1 radical (unpaired) electrons. The smallest absolute Gasteiger partial charge is 0.219 e. The fourth-order valence-electron chi connectivity index (χ4n) is 4.31. The van der Waals surface area contributed by atoms with E-state index in [1.165, 1.54) is 0 Å². The van der Waals surface area contributed by atoms with E-state index >= 15 is 0 Å². The van der Waals surface area contributed by atoms with Gasteiger partial charge in [-0.2, -0.15) is 0 Å². The molecule has 0 saturated carbocycles. The number of benzene rings is 2. The van der Waals surface area contributed by atoms with E-state index in [0.717, 1.165) is 63.9 Å². The minimum absolute atomic E-state index is 0.0169. The zero-order chi connectivity index (χ0) is 22.1. The zero-order valence-corrected chi connectivity index (χ0v) is 19.2. The summed E-state index contributed by atoms with van der Waals surface area (Å²) in [4.78, 5) is 25.0. The molecule has 3 heterocycles. The van der Waals surface area contributed by atoms with Crippen molar-refractivity contribution in [1.29, 1.82) is 0 Å². The number of halogens is 1. The summed E-state index contributed by atoms with van der Waals surface area (Å²) in [5.74, 6) is 0.149. The summed E-state index contributed by atoms with van der Waals surface area (Å²) in [6.07, 6.45) is 4.90. The van der Waals surface area contributed by atoms with Crippen molar-refractivity contribution in [3.63, 3.8) is 0 Å². The predicted octanol–water partition coefficient (Wildman–Crippen LogP) is 4.99. The first-order valence-corrected chi connectivity index (χ1v) is 11.8. The summed E-state index contributed by atoms with van der Waals surface area (Å²) < 4.78 is 0. The Labute approximate surface area is 196 Å². The molecular formula is C25H22ClN4OS. The highest BCUT2D eigenvalue weighted by molar-refractivity contribution is 7.09. The highest BCUT2D eigenvalue weighted by Gasteiger charge is 2.23. The van der Waals surface area contributed by atoms with Gasteiger partial charge in [0.15, 0.2) is 0 Å². The third kappa shape index (κ3) is 4.08. The van der Waals surface area contributed by atoms with Crippen molar-refractivity contribution in [3.05, 3.63) is 87.5 Å². The van der Waals surface area contributed by atoms with E-state index in [-0.39, 0.29) is 11.8 Å². The SMILES string of the molecule is CC(=O)N1CCN(c2c[c]nc3ccc(C(c4ccc(Cl)cc4)c4nccs4)cc23)CC1. The van der Waals surface area contributed by atoms with E-state index in [1.807, 2.05) is 34.7 Å². The Hall–Kier alpha value is -2.96. The van der Waals surface area contributed by atoms with Crippen LogP contribution >= 0.6 is 22.9 Å². The normalized spacial score (nSPS) is 15.2. The molecule has 161 valence electrons. The van der Waals surface area contributed by atoms with E-state index in [9.17, 15) is 4.79 Å². The Kier molecular flexibility index (Phi) is 5.81. The second-order valence-corrected chi connectivity index (χ2v) is 9.26. The first-order chi connectivity index (χ1) is 15.6. The summed E-state index contributed by atoms with van der Waals surface area (Å²) in [7, 11) is 0. The van der Waals surface area contributed by atoms with Crippen molar-refractivity contribution in [2.75, 3.05) is 31.1 Å². The van der Waals surface area contributed by atoms with Crippen molar-refractivity contribution in [2.24, 2.45) is 0 Å². The lowest BCUT2D eigenvalue weighted by molar-refractivity contribution is -0.129. The molecule has 7 heteroatoms. The maximum Gasteiger partial charge on any atom is 0.219 e. The van der Waals surface area contributed by atoms with Gasteiger partial charge in [-0.1, -0.05) is 29.8 Å². The van der Waals surface area contributed by atoms with E-state index < -0.39 is 0 Å². The van der Waals surface area contributed by atoms with Gasteiger partial charge in [-0.25, -0.2) is 9.97 Å². The van der Waals surface area contributed by atoms with Crippen LogP contribution in [0.2, 0.25) is 5.02 Å². The van der Waals surface area contributed by atoms with E-state index in [1.54, 1.807) is 18.3 Å². The number of anilines is 1. The molecule has 1 unspecified atom stereocenters. The van der Waals surface area contributed by atoms with Crippen molar-refractivity contribution < 1.29 is 4.79 Å². The van der Waals surface area contributed by atoms with Gasteiger partial charge in [0.2, 0.25) is 5.91 Å². The van der Waals surface area contributed by atoms with Crippen molar-refractivity contribution in [1.82, 2.24) is 14.9 Å². The van der Waals surface area contributed by atoms with Crippen LogP contribution in [0.4, 0.5) is 5.69 Å². The molecule has 4 aromatic rings. The number of piperazine rings is 1. The van der Waals surface area contributed by atoms with Crippen molar-refractivity contribution in [2.45, 2.75) is 12.8 Å². The van der Waals surface area contributed by atoms with Crippen LogP contribution in [0.15, 0.2) is 60.1 Å². The molecule has 1 aliphatic rings. The minimum Gasteiger partial charge on any atom is -0.367 e. The number of thiazole rings is 1. The fraction of sp³-hybridized carbons (Fsp3) is 0.240. The molecule has 1 fully saturated rings. The second-order valence-electron chi connectivity index (χ2n) is 7.90. The van der Waals surface area contributed by atoms with Crippen LogP contribution in [0.25, 0.3) is 10.9 Å². The maximum atomic E-state index is 11.7. The summed E-state index contributed by atoms with van der Waals surface area (Å²) in [5, 5.41) is 4.86. The average Bonchev–Trinajstić information content (AvgIpc) is 3.34. The Morgan fingerprint density at radius 3 is 2.53 bits per heavy atom. The Morgan fingerprint density at radius 1 is 1.09 bits per heavy atom. The zero-order valence-electron chi connectivity index (χ0n) is 17.7. The van der Waals surface area contributed by atoms with Gasteiger partial charge in [0.05, 0.1) is 17.6 Å². The highest BCUT2D eigenvalue weighted by Crippen LogP contribution is 2.36. The largest absolute Gasteiger partial charge is 0.367 e. The van der Waals surface area contributed by atoms with Crippen LogP contribution in [0.3, 0.4) is 0 Å². The number of fused-ring (bicyclic) bond motifs is 1. The number of nitrogens with zero attached hydrogens (tertiary/aromatic N) is 4. The van der Waals surface area contributed by atoms with Crippen LogP contribution in [-0.2, 0) is 4.79 Å². The van der Waals surface area contributed by atoms with Gasteiger partial charge < -0.3 is 9.80 Å². The Morgan fingerprint density at radius 2 is 1.84 bits per heavy atom. The van der Waals surface area contributed by atoms with Gasteiger partial charge in [-0.05, 0) is 41.5 Å². The summed E-state index contributed by atoms with van der Waals surface area (Å²) in [5.41, 5.74) is 4.32. The van der Waals surface area contributed by atoms with Crippen LogP contribution in [0.1, 0.15) is 29.0 Å². The number of carbonyl (C=O) groups excluding carboxylic acids is 1. The molecule has 5 nitrogen and oxygen atoms in total. The molecule has 0 aliphatic carbocycles. The number of rotatable bonds is 4. The van der Waals surface area contributed by atoms with Crippen LogP contribution in [0, 0.1) is 6.20 Å².